The van der Waals surface area contributed by atoms with Gasteiger partial charge in [0.05, 0.1) is 10.1 Å². The van der Waals surface area contributed by atoms with E-state index in [1.807, 2.05) is 28.2 Å². The van der Waals surface area contributed by atoms with Gasteiger partial charge < -0.3 is 0 Å². The quantitative estimate of drug-likeness (QED) is 0.683. The van der Waals surface area contributed by atoms with Crippen molar-refractivity contribution < 1.29 is 0 Å². The summed E-state index contributed by atoms with van der Waals surface area (Å²) in [5.41, 5.74) is 2.91. The minimum Gasteiger partial charge on any atom is -0.298 e. The average molecular weight is 373 g/mol. The average Bonchev–Trinajstić information content (AvgIpc) is 2.97. The van der Waals surface area contributed by atoms with E-state index in [9.17, 15) is 4.79 Å². The highest BCUT2D eigenvalue weighted by molar-refractivity contribution is 7.13. The van der Waals surface area contributed by atoms with Gasteiger partial charge in [-0.25, -0.2) is 0 Å². The van der Waals surface area contributed by atoms with Crippen LogP contribution < -0.4 is 5.56 Å². The van der Waals surface area contributed by atoms with Crippen LogP contribution in [0.15, 0.2) is 65.5 Å². The molecule has 0 radical (unpaired) electrons. The van der Waals surface area contributed by atoms with Crippen LogP contribution in [0.5, 0.6) is 0 Å². The van der Waals surface area contributed by atoms with Crippen molar-refractivity contribution in [3.8, 4) is 0 Å². The predicted octanol–water partition coefficient (Wildman–Crippen LogP) is 4.27. The summed E-state index contributed by atoms with van der Waals surface area (Å²) in [5.74, 6) is 0. The number of aromatic nitrogens is 1. The Bertz CT molecular complexity index is 930. The maximum atomic E-state index is 12.4. The molecule has 0 N–H and O–H groups in total. The van der Waals surface area contributed by atoms with E-state index in [1.54, 1.807) is 11.5 Å². The van der Waals surface area contributed by atoms with Crippen LogP contribution in [0.1, 0.15) is 12.0 Å². The number of hydrogen-bond acceptors (Lipinski definition) is 3. The van der Waals surface area contributed by atoms with Gasteiger partial charge in [-0.3, -0.25) is 13.7 Å². The summed E-state index contributed by atoms with van der Waals surface area (Å²) >= 11 is 1.57. The van der Waals surface area contributed by atoms with Crippen molar-refractivity contribution in [1.29, 1.82) is 0 Å². The second kappa shape index (κ2) is 8.00. The minimum atomic E-state index is 0. The van der Waals surface area contributed by atoms with Crippen LogP contribution in [0.3, 0.4) is 0 Å². The molecular weight excluding hydrogens is 352 g/mol. The molecule has 0 atom stereocenters. The molecule has 1 aliphatic heterocycles. The van der Waals surface area contributed by atoms with Crippen LogP contribution in [-0.2, 0) is 6.54 Å². The van der Waals surface area contributed by atoms with Crippen molar-refractivity contribution in [2.45, 2.75) is 13.0 Å². The predicted molar refractivity (Wildman–Crippen MR) is 109 cm³/mol. The Balaban J connectivity index is 0.00000182. The highest BCUT2D eigenvalue weighted by Crippen LogP contribution is 2.22. The molecule has 5 heteroatoms. The molecule has 0 fully saturated rings. The summed E-state index contributed by atoms with van der Waals surface area (Å²) in [5, 5.41) is 0.840. The Kier molecular flexibility index (Phi) is 5.74. The lowest BCUT2D eigenvalue weighted by atomic mass is 10.00. The SMILES string of the molecule is Cl.O=c1c2ccccc2sn1CCN1CC=C(c2ccccc2)CC1. The lowest BCUT2D eigenvalue weighted by molar-refractivity contribution is 0.291. The lowest BCUT2D eigenvalue weighted by Crippen LogP contribution is -2.32. The molecule has 4 rings (SSSR count). The first-order valence-electron chi connectivity index (χ1n) is 8.37. The number of halogens is 1. The van der Waals surface area contributed by atoms with Gasteiger partial charge in [0.25, 0.3) is 5.56 Å². The third-order valence-electron chi connectivity index (χ3n) is 4.61. The first-order chi connectivity index (χ1) is 11.8. The first-order valence-corrected chi connectivity index (χ1v) is 9.14. The van der Waals surface area contributed by atoms with Gasteiger partial charge in [-0.05, 0) is 29.7 Å². The van der Waals surface area contributed by atoms with Gasteiger partial charge in [-0.2, -0.15) is 0 Å². The highest BCUT2D eigenvalue weighted by atomic mass is 35.5. The third-order valence-corrected chi connectivity index (χ3v) is 5.73. The zero-order chi connectivity index (χ0) is 16.4. The molecule has 0 saturated heterocycles. The van der Waals surface area contributed by atoms with E-state index >= 15 is 0 Å². The number of benzene rings is 2. The van der Waals surface area contributed by atoms with Crippen molar-refractivity contribution >= 4 is 39.6 Å². The fourth-order valence-corrected chi connectivity index (χ4v) is 4.21. The standard InChI is InChI=1S/C20H20N2OS.ClH/c23-20-18-8-4-5-9-19(18)24-22(20)15-14-21-12-10-17(11-13-21)16-6-2-1-3-7-16;/h1-10H,11-15H2;1H. The molecule has 0 unspecified atom stereocenters. The summed E-state index contributed by atoms with van der Waals surface area (Å²) < 4.78 is 2.97. The van der Waals surface area contributed by atoms with Gasteiger partial charge >= 0.3 is 0 Å². The first kappa shape index (κ1) is 17.9. The van der Waals surface area contributed by atoms with E-state index in [-0.39, 0.29) is 18.0 Å². The van der Waals surface area contributed by atoms with Gasteiger partial charge in [-0.15, -0.1) is 12.4 Å². The van der Waals surface area contributed by atoms with E-state index < -0.39 is 0 Å². The molecule has 1 aliphatic rings. The molecule has 2 aromatic carbocycles. The van der Waals surface area contributed by atoms with Gasteiger partial charge in [0, 0.05) is 26.2 Å². The Morgan fingerprint density at radius 2 is 1.72 bits per heavy atom. The van der Waals surface area contributed by atoms with E-state index in [2.05, 4.69) is 41.3 Å². The topological polar surface area (TPSA) is 25.2 Å². The molecule has 1 aromatic heterocycles. The van der Waals surface area contributed by atoms with E-state index in [0.29, 0.717) is 0 Å². The second-order valence-corrected chi connectivity index (χ2v) is 7.20. The summed E-state index contributed by atoms with van der Waals surface area (Å²) in [6, 6.07) is 18.5. The summed E-state index contributed by atoms with van der Waals surface area (Å²) in [6.07, 6.45) is 3.40. The van der Waals surface area contributed by atoms with Crippen molar-refractivity contribution in [1.82, 2.24) is 8.86 Å². The van der Waals surface area contributed by atoms with Crippen LogP contribution in [0.25, 0.3) is 15.7 Å². The molecular formula is C20H21ClN2OS. The van der Waals surface area contributed by atoms with Crippen LogP contribution in [0.4, 0.5) is 0 Å². The van der Waals surface area contributed by atoms with Crippen LogP contribution in [0, 0.1) is 0 Å². The van der Waals surface area contributed by atoms with Gasteiger partial charge in [0.15, 0.2) is 0 Å². The number of nitrogens with zero attached hydrogens (tertiary/aromatic N) is 2. The lowest BCUT2D eigenvalue weighted by Gasteiger charge is -2.26. The monoisotopic (exact) mass is 372 g/mol. The number of hydrogen-bond donors (Lipinski definition) is 0. The maximum absolute atomic E-state index is 12.4. The van der Waals surface area contributed by atoms with Crippen LogP contribution in [-0.4, -0.2) is 28.5 Å². The molecule has 0 saturated carbocycles. The zero-order valence-corrected chi connectivity index (χ0v) is 15.6. The van der Waals surface area contributed by atoms with Crippen molar-refractivity contribution in [3.63, 3.8) is 0 Å². The Hall–Kier alpha value is -1.88. The maximum Gasteiger partial charge on any atom is 0.268 e. The minimum absolute atomic E-state index is 0. The Labute approximate surface area is 157 Å². The summed E-state index contributed by atoms with van der Waals surface area (Å²) in [7, 11) is 0. The fraction of sp³-hybridized carbons (Fsp3) is 0.250. The number of rotatable bonds is 4. The highest BCUT2D eigenvalue weighted by Gasteiger charge is 2.14. The summed E-state index contributed by atoms with van der Waals surface area (Å²) in [6.45, 7) is 3.71. The van der Waals surface area contributed by atoms with E-state index in [1.165, 1.54) is 11.1 Å². The second-order valence-electron chi connectivity index (χ2n) is 6.14. The largest absolute Gasteiger partial charge is 0.298 e. The Morgan fingerprint density at radius 1 is 0.960 bits per heavy atom. The molecule has 0 aliphatic carbocycles. The van der Waals surface area contributed by atoms with Crippen molar-refractivity contribution in [2.24, 2.45) is 0 Å². The Morgan fingerprint density at radius 3 is 2.44 bits per heavy atom. The number of fused-ring (bicyclic) bond motifs is 1. The normalized spacial score (nSPS) is 15.0. The van der Waals surface area contributed by atoms with Crippen LogP contribution >= 0.6 is 23.9 Å². The van der Waals surface area contributed by atoms with Gasteiger partial charge in [-0.1, -0.05) is 60.1 Å². The van der Waals surface area contributed by atoms with Crippen molar-refractivity contribution in [3.05, 3.63) is 76.6 Å². The summed E-state index contributed by atoms with van der Waals surface area (Å²) in [4.78, 5) is 14.8. The smallest absolute Gasteiger partial charge is 0.268 e. The van der Waals surface area contributed by atoms with Crippen LogP contribution in [0.2, 0.25) is 0 Å². The molecule has 0 spiro atoms. The molecule has 2 heterocycles. The molecule has 25 heavy (non-hydrogen) atoms. The fourth-order valence-electron chi connectivity index (χ4n) is 3.23. The molecule has 3 aromatic rings. The molecule has 0 bridgehead atoms. The molecule has 0 amide bonds. The van der Waals surface area contributed by atoms with E-state index in [4.69, 9.17) is 0 Å². The van der Waals surface area contributed by atoms with Crippen molar-refractivity contribution in [2.75, 3.05) is 19.6 Å². The zero-order valence-electron chi connectivity index (χ0n) is 13.9. The van der Waals surface area contributed by atoms with E-state index in [0.717, 1.165) is 42.7 Å². The van der Waals surface area contributed by atoms with Gasteiger partial charge in [0.2, 0.25) is 0 Å². The molecule has 3 nitrogen and oxygen atoms in total. The van der Waals surface area contributed by atoms with Gasteiger partial charge in [0.1, 0.15) is 0 Å². The molecule has 130 valence electrons. The third kappa shape index (κ3) is 3.87.